The molecule has 2 N–H and O–H groups in total. The molecule has 1 amide bonds. The number of anilines is 1. The number of nitrogens with one attached hydrogen (secondary N) is 1. The monoisotopic (exact) mass is 343 g/mol. The third-order valence-electron chi connectivity index (χ3n) is 3.63. The van der Waals surface area contributed by atoms with Crippen LogP contribution >= 0.6 is 0 Å². The summed E-state index contributed by atoms with van der Waals surface area (Å²) in [5.74, 6) is 0.268. The van der Waals surface area contributed by atoms with Gasteiger partial charge in [-0.2, -0.15) is 0 Å². The SMILES string of the molecule is COc1ccc(OCCCC(=O)Nc2cc(C(=O)O)ccc2C)cc1. The summed E-state index contributed by atoms with van der Waals surface area (Å²) in [6.45, 7) is 2.22. The molecular formula is C19H21NO5. The lowest BCUT2D eigenvalue weighted by Gasteiger charge is -2.10. The second-order valence-electron chi connectivity index (χ2n) is 5.51. The van der Waals surface area contributed by atoms with Crippen molar-refractivity contribution in [3.8, 4) is 11.5 Å². The second-order valence-corrected chi connectivity index (χ2v) is 5.51. The van der Waals surface area contributed by atoms with Gasteiger partial charge in [-0.15, -0.1) is 0 Å². The van der Waals surface area contributed by atoms with E-state index in [1.165, 1.54) is 12.1 Å². The third-order valence-corrected chi connectivity index (χ3v) is 3.63. The van der Waals surface area contributed by atoms with Gasteiger partial charge in [0.25, 0.3) is 0 Å². The molecule has 0 radical (unpaired) electrons. The highest BCUT2D eigenvalue weighted by molar-refractivity contribution is 5.94. The summed E-state index contributed by atoms with van der Waals surface area (Å²) in [4.78, 5) is 23.0. The van der Waals surface area contributed by atoms with Crippen LogP contribution in [0.15, 0.2) is 42.5 Å². The molecule has 0 atom stereocenters. The number of benzene rings is 2. The van der Waals surface area contributed by atoms with Crippen LogP contribution in [0, 0.1) is 6.92 Å². The Morgan fingerprint density at radius 3 is 2.40 bits per heavy atom. The van der Waals surface area contributed by atoms with Crippen LogP contribution in [0.3, 0.4) is 0 Å². The minimum atomic E-state index is -1.02. The van der Waals surface area contributed by atoms with Crippen molar-refractivity contribution in [3.05, 3.63) is 53.6 Å². The van der Waals surface area contributed by atoms with Crippen molar-refractivity contribution >= 4 is 17.6 Å². The van der Waals surface area contributed by atoms with Crippen molar-refractivity contribution in [1.82, 2.24) is 0 Å². The van der Waals surface area contributed by atoms with Gasteiger partial charge in [-0.1, -0.05) is 6.07 Å². The van der Waals surface area contributed by atoms with E-state index in [4.69, 9.17) is 14.6 Å². The van der Waals surface area contributed by atoms with Crippen molar-refractivity contribution in [2.24, 2.45) is 0 Å². The quantitative estimate of drug-likeness (QED) is 0.717. The number of hydrogen-bond acceptors (Lipinski definition) is 4. The molecule has 0 saturated carbocycles. The maximum Gasteiger partial charge on any atom is 0.335 e. The van der Waals surface area contributed by atoms with Gasteiger partial charge in [0.1, 0.15) is 11.5 Å². The Balaban J connectivity index is 1.78. The summed E-state index contributed by atoms with van der Waals surface area (Å²) in [5, 5.41) is 11.8. The average molecular weight is 343 g/mol. The van der Waals surface area contributed by atoms with Gasteiger partial charge in [-0.3, -0.25) is 4.79 Å². The number of carboxylic acids is 1. The highest BCUT2D eigenvalue weighted by Gasteiger charge is 2.09. The van der Waals surface area contributed by atoms with Crippen LogP contribution in [0.1, 0.15) is 28.8 Å². The molecule has 0 bridgehead atoms. The molecule has 0 saturated heterocycles. The zero-order valence-electron chi connectivity index (χ0n) is 14.2. The molecule has 2 aromatic carbocycles. The lowest BCUT2D eigenvalue weighted by atomic mass is 10.1. The van der Waals surface area contributed by atoms with Gasteiger partial charge in [-0.25, -0.2) is 4.79 Å². The topological polar surface area (TPSA) is 84.9 Å². The number of methoxy groups -OCH3 is 1. The molecular weight excluding hydrogens is 322 g/mol. The van der Waals surface area contributed by atoms with E-state index in [0.717, 1.165) is 11.3 Å². The largest absolute Gasteiger partial charge is 0.497 e. The zero-order chi connectivity index (χ0) is 18.2. The van der Waals surface area contributed by atoms with Gasteiger partial charge in [0.2, 0.25) is 5.91 Å². The molecule has 25 heavy (non-hydrogen) atoms. The molecule has 132 valence electrons. The molecule has 2 aromatic rings. The fourth-order valence-electron chi connectivity index (χ4n) is 2.20. The minimum Gasteiger partial charge on any atom is -0.497 e. The maximum atomic E-state index is 12.0. The van der Waals surface area contributed by atoms with E-state index < -0.39 is 5.97 Å². The van der Waals surface area contributed by atoms with Gasteiger partial charge in [0.15, 0.2) is 0 Å². The Morgan fingerprint density at radius 1 is 1.08 bits per heavy atom. The number of amides is 1. The summed E-state index contributed by atoms with van der Waals surface area (Å²) < 4.78 is 10.6. The zero-order valence-corrected chi connectivity index (χ0v) is 14.2. The van der Waals surface area contributed by atoms with Crippen molar-refractivity contribution < 1.29 is 24.2 Å². The average Bonchev–Trinajstić information content (AvgIpc) is 2.61. The van der Waals surface area contributed by atoms with Crippen LogP contribution in [0.25, 0.3) is 0 Å². The highest BCUT2D eigenvalue weighted by atomic mass is 16.5. The number of carbonyl (C=O) groups is 2. The molecule has 6 heteroatoms. The van der Waals surface area contributed by atoms with Crippen LogP contribution in [0.5, 0.6) is 11.5 Å². The summed E-state index contributed by atoms with van der Waals surface area (Å²) in [6.07, 6.45) is 0.836. The van der Waals surface area contributed by atoms with E-state index in [-0.39, 0.29) is 17.9 Å². The fraction of sp³-hybridized carbons (Fsp3) is 0.263. The molecule has 0 aliphatic carbocycles. The van der Waals surface area contributed by atoms with Crippen molar-refractivity contribution in [2.45, 2.75) is 19.8 Å². The minimum absolute atomic E-state index is 0.142. The summed E-state index contributed by atoms with van der Waals surface area (Å²) in [5.41, 5.74) is 1.47. The summed E-state index contributed by atoms with van der Waals surface area (Å²) in [7, 11) is 1.60. The first-order valence-corrected chi connectivity index (χ1v) is 7.90. The molecule has 0 heterocycles. The Kier molecular flexibility index (Phi) is 6.39. The molecule has 0 unspecified atom stereocenters. The van der Waals surface area contributed by atoms with Crippen LogP contribution in [0.2, 0.25) is 0 Å². The normalized spacial score (nSPS) is 10.2. The number of carboxylic acid groups (broad SMARTS) is 1. The molecule has 0 aliphatic heterocycles. The van der Waals surface area contributed by atoms with Crippen molar-refractivity contribution in [3.63, 3.8) is 0 Å². The number of aryl methyl sites for hydroxylation is 1. The smallest absolute Gasteiger partial charge is 0.335 e. The van der Waals surface area contributed by atoms with E-state index in [0.29, 0.717) is 24.5 Å². The second kappa shape index (κ2) is 8.73. The van der Waals surface area contributed by atoms with E-state index in [1.54, 1.807) is 37.4 Å². The predicted molar refractivity (Wildman–Crippen MR) is 94.5 cm³/mol. The van der Waals surface area contributed by atoms with Crippen molar-refractivity contribution in [2.75, 3.05) is 19.0 Å². The van der Waals surface area contributed by atoms with Crippen molar-refractivity contribution in [1.29, 1.82) is 0 Å². The number of hydrogen-bond donors (Lipinski definition) is 2. The molecule has 0 fully saturated rings. The molecule has 0 spiro atoms. The highest BCUT2D eigenvalue weighted by Crippen LogP contribution is 2.18. The van der Waals surface area contributed by atoms with Gasteiger partial charge in [0.05, 0.1) is 19.3 Å². The number of carbonyl (C=O) groups excluding carboxylic acids is 1. The van der Waals surface area contributed by atoms with Gasteiger partial charge in [-0.05, 0) is 55.3 Å². The first-order valence-electron chi connectivity index (χ1n) is 7.90. The standard InChI is InChI=1S/C19H21NO5/c1-13-5-6-14(19(22)23)12-17(13)20-18(21)4-3-11-25-16-9-7-15(24-2)8-10-16/h5-10,12H,3-4,11H2,1-2H3,(H,20,21)(H,22,23). The Labute approximate surface area is 146 Å². The molecule has 6 nitrogen and oxygen atoms in total. The Bertz CT molecular complexity index is 740. The maximum absolute atomic E-state index is 12.0. The summed E-state index contributed by atoms with van der Waals surface area (Å²) >= 11 is 0. The first-order chi connectivity index (χ1) is 12.0. The van der Waals surface area contributed by atoms with Gasteiger partial charge < -0.3 is 19.9 Å². The lowest BCUT2D eigenvalue weighted by Crippen LogP contribution is -2.14. The third kappa shape index (κ3) is 5.53. The first kappa shape index (κ1) is 18.3. The van der Waals surface area contributed by atoms with E-state index >= 15 is 0 Å². The molecule has 2 rings (SSSR count). The van der Waals surface area contributed by atoms with Crippen LogP contribution in [-0.2, 0) is 4.79 Å². The number of ether oxygens (including phenoxy) is 2. The van der Waals surface area contributed by atoms with E-state index in [1.807, 2.05) is 6.92 Å². The van der Waals surface area contributed by atoms with Gasteiger partial charge >= 0.3 is 5.97 Å². The van der Waals surface area contributed by atoms with E-state index in [9.17, 15) is 9.59 Å². The Morgan fingerprint density at radius 2 is 1.76 bits per heavy atom. The Hall–Kier alpha value is -3.02. The van der Waals surface area contributed by atoms with Crippen LogP contribution < -0.4 is 14.8 Å². The van der Waals surface area contributed by atoms with Gasteiger partial charge in [0, 0.05) is 12.1 Å². The lowest BCUT2D eigenvalue weighted by molar-refractivity contribution is -0.116. The van der Waals surface area contributed by atoms with Crippen LogP contribution in [-0.4, -0.2) is 30.7 Å². The predicted octanol–water partition coefficient (Wildman–Crippen LogP) is 3.50. The van der Waals surface area contributed by atoms with Crippen LogP contribution in [0.4, 0.5) is 5.69 Å². The fourth-order valence-corrected chi connectivity index (χ4v) is 2.20. The number of rotatable bonds is 8. The van der Waals surface area contributed by atoms with E-state index in [2.05, 4.69) is 5.32 Å². The molecule has 0 aliphatic rings. The summed E-state index contributed by atoms with van der Waals surface area (Å²) in [6, 6.07) is 11.9. The molecule has 0 aromatic heterocycles. The number of aromatic carboxylic acids is 1.